The van der Waals surface area contributed by atoms with E-state index in [4.69, 9.17) is 21.1 Å². The molecule has 2 atom stereocenters. The second kappa shape index (κ2) is 5.49. The number of fused-ring (bicyclic) bond motifs is 1. The third kappa shape index (κ3) is 3.08. The maximum absolute atomic E-state index is 6.25. The van der Waals surface area contributed by atoms with Gasteiger partial charge in [-0.1, -0.05) is 18.5 Å². The highest BCUT2D eigenvalue weighted by atomic mass is 35.5. The lowest BCUT2D eigenvalue weighted by Gasteiger charge is -2.18. The summed E-state index contributed by atoms with van der Waals surface area (Å²) in [6.07, 6.45) is 0.224. The highest BCUT2D eigenvalue weighted by molar-refractivity contribution is 6.22. The summed E-state index contributed by atoms with van der Waals surface area (Å²) < 4.78 is 11.7. The molecule has 1 aromatic carbocycles. The van der Waals surface area contributed by atoms with Crippen LogP contribution in [0.15, 0.2) is 12.1 Å². The smallest absolute Gasteiger partial charge is 0.163 e. The van der Waals surface area contributed by atoms with Gasteiger partial charge in [-0.25, -0.2) is 0 Å². The molecule has 19 heavy (non-hydrogen) atoms. The largest absolute Gasteiger partial charge is 0.487 e. The molecular weight excluding hydrogens is 262 g/mol. The van der Waals surface area contributed by atoms with Crippen LogP contribution in [0.1, 0.15) is 46.1 Å². The van der Waals surface area contributed by atoms with Gasteiger partial charge in [-0.3, -0.25) is 0 Å². The fourth-order valence-corrected chi connectivity index (χ4v) is 2.45. The number of benzene rings is 1. The first-order valence-corrected chi connectivity index (χ1v) is 7.24. The highest BCUT2D eigenvalue weighted by Gasteiger charge is 2.29. The summed E-state index contributed by atoms with van der Waals surface area (Å²) in [5.41, 5.74) is 2.15. The van der Waals surface area contributed by atoms with E-state index in [-0.39, 0.29) is 23.6 Å². The zero-order valence-corrected chi connectivity index (χ0v) is 12.9. The number of hydrogen-bond acceptors (Lipinski definition) is 3. The number of rotatable bonds is 4. The molecule has 0 fully saturated rings. The molecule has 0 saturated heterocycles. The Morgan fingerprint density at radius 1 is 1.05 bits per heavy atom. The van der Waals surface area contributed by atoms with Crippen molar-refractivity contribution in [2.24, 2.45) is 0 Å². The van der Waals surface area contributed by atoms with Crippen LogP contribution in [0.5, 0.6) is 11.5 Å². The van der Waals surface area contributed by atoms with E-state index in [0.717, 1.165) is 17.2 Å². The van der Waals surface area contributed by atoms with Crippen LogP contribution in [-0.4, -0.2) is 17.7 Å². The number of ether oxygens (including phenoxy) is 2. The molecule has 0 saturated carbocycles. The maximum Gasteiger partial charge on any atom is 0.163 e. The predicted molar refractivity (Wildman–Crippen MR) is 79.6 cm³/mol. The Labute approximate surface area is 120 Å². The summed E-state index contributed by atoms with van der Waals surface area (Å²) in [7, 11) is 0. The van der Waals surface area contributed by atoms with Crippen molar-refractivity contribution in [2.75, 3.05) is 5.32 Å². The van der Waals surface area contributed by atoms with Gasteiger partial charge in [0.15, 0.2) is 11.5 Å². The van der Waals surface area contributed by atoms with Gasteiger partial charge in [-0.15, -0.1) is 0 Å². The maximum atomic E-state index is 6.25. The number of anilines is 1. The van der Waals surface area contributed by atoms with Crippen LogP contribution in [-0.2, 0) is 0 Å². The molecule has 2 unspecified atom stereocenters. The second-order valence-electron chi connectivity index (χ2n) is 5.55. The molecule has 1 aromatic rings. The van der Waals surface area contributed by atoms with Crippen molar-refractivity contribution in [3.8, 4) is 11.5 Å². The van der Waals surface area contributed by atoms with Crippen LogP contribution in [0.4, 0.5) is 5.69 Å². The van der Waals surface area contributed by atoms with Crippen LogP contribution in [0, 0.1) is 0 Å². The van der Waals surface area contributed by atoms with Crippen molar-refractivity contribution < 1.29 is 9.47 Å². The van der Waals surface area contributed by atoms with Gasteiger partial charge in [0.1, 0.15) is 5.50 Å². The van der Waals surface area contributed by atoms with Gasteiger partial charge in [-0.05, 0) is 39.3 Å². The molecule has 4 heteroatoms. The van der Waals surface area contributed by atoms with Crippen molar-refractivity contribution in [3.05, 3.63) is 17.7 Å². The summed E-state index contributed by atoms with van der Waals surface area (Å²) in [4.78, 5) is 0. The van der Waals surface area contributed by atoms with E-state index in [1.807, 2.05) is 39.8 Å². The lowest BCUT2D eigenvalue weighted by molar-refractivity contribution is 0.199. The molecule has 1 aliphatic heterocycles. The number of alkyl halides is 1. The summed E-state index contributed by atoms with van der Waals surface area (Å²) in [5, 5.41) is 3.27. The van der Waals surface area contributed by atoms with Gasteiger partial charge in [0, 0.05) is 17.7 Å². The quantitative estimate of drug-likeness (QED) is 0.658. The van der Waals surface area contributed by atoms with E-state index >= 15 is 0 Å². The molecular formula is C15H22ClNO2. The Balaban J connectivity index is 2.39. The minimum absolute atomic E-state index is 0.0730. The molecule has 0 radical (unpaired) electrons. The van der Waals surface area contributed by atoms with Crippen molar-refractivity contribution in [1.82, 2.24) is 0 Å². The average molecular weight is 284 g/mol. The van der Waals surface area contributed by atoms with E-state index < -0.39 is 0 Å². The molecule has 2 rings (SSSR count). The van der Waals surface area contributed by atoms with Crippen LogP contribution < -0.4 is 14.8 Å². The van der Waals surface area contributed by atoms with E-state index in [0.29, 0.717) is 0 Å². The highest BCUT2D eigenvalue weighted by Crippen LogP contribution is 2.44. The number of nitrogens with one attached hydrogen (secondary N) is 1. The molecule has 0 aliphatic carbocycles. The molecule has 0 spiro atoms. The van der Waals surface area contributed by atoms with Gasteiger partial charge in [0.2, 0.25) is 0 Å². The number of hydrogen-bond donors (Lipinski definition) is 1. The van der Waals surface area contributed by atoms with Crippen molar-refractivity contribution >= 4 is 17.3 Å². The Morgan fingerprint density at radius 2 is 1.58 bits per heavy atom. The lowest BCUT2D eigenvalue weighted by atomic mass is 10.0. The second-order valence-corrected chi connectivity index (χ2v) is 6.02. The standard InChI is InChI=1S/C15H22ClNO2/c1-8(2)18-13-6-11-10(5)15(16)17-12(11)7-14(13)19-9(3)4/h6-10,15,17H,1-5H3. The predicted octanol–water partition coefficient (Wildman–Crippen LogP) is 4.35. The SMILES string of the molecule is CC(C)Oc1cc2c(cc1OC(C)C)C(C)C(Cl)N2. The van der Waals surface area contributed by atoms with Crippen molar-refractivity contribution in [1.29, 1.82) is 0 Å². The van der Waals surface area contributed by atoms with Crippen LogP contribution in [0.25, 0.3) is 0 Å². The zero-order valence-electron chi connectivity index (χ0n) is 12.2. The van der Waals surface area contributed by atoms with Crippen LogP contribution in [0.3, 0.4) is 0 Å². The van der Waals surface area contributed by atoms with Crippen LogP contribution >= 0.6 is 11.6 Å². The van der Waals surface area contributed by atoms with E-state index in [1.165, 1.54) is 5.56 Å². The Bertz CT molecular complexity index is 460. The fraction of sp³-hybridized carbons (Fsp3) is 0.600. The minimum Gasteiger partial charge on any atom is -0.487 e. The van der Waals surface area contributed by atoms with Crippen LogP contribution in [0.2, 0.25) is 0 Å². The van der Waals surface area contributed by atoms with E-state index in [9.17, 15) is 0 Å². The monoisotopic (exact) mass is 283 g/mol. The zero-order chi connectivity index (χ0) is 14.2. The normalized spacial score (nSPS) is 21.5. The van der Waals surface area contributed by atoms with E-state index in [1.54, 1.807) is 0 Å². The first-order valence-electron chi connectivity index (χ1n) is 6.80. The Morgan fingerprint density at radius 3 is 2.11 bits per heavy atom. The van der Waals surface area contributed by atoms with Gasteiger partial charge in [0.05, 0.1) is 12.2 Å². The van der Waals surface area contributed by atoms with Gasteiger partial charge in [-0.2, -0.15) is 0 Å². The Hall–Kier alpha value is -1.09. The first kappa shape index (κ1) is 14.3. The Kier molecular flexibility index (Phi) is 4.14. The summed E-state index contributed by atoms with van der Waals surface area (Å²) >= 11 is 6.25. The molecule has 1 aliphatic rings. The van der Waals surface area contributed by atoms with Crippen molar-refractivity contribution in [2.45, 2.75) is 58.2 Å². The van der Waals surface area contributed by atoms with Crippen molar-refractivity contribution in [3.63, 3.8) is 0 Å². The summed E-state index contributed by atoms with van der Waals surface area (Å²) in [6, 6.07) is 4.04. The molecule has 1 heterocycles. The minimum atomic E-state index is -0.0730. The summed E-state index contributed by atoms with van der Waals surface area (Å²) in [5.74, 6) is 1.83. The third-order valence-corrected chi connectivity index (χ3v) is 3.55. The first-order chi connectivity index (χ1) is 8.88. The molecule has 0 aromatic heterocycles. The third-order valence-electron chi connectivity index (χ3n) is 3.06. The molecule has 0 bridgehead atoms. The van der Waals surface area contributed by atoms with Gasteiger partial charge < -0.3 is 14.8 Å². The van der Waals surface area contributed by atoms with Gasteiger partial charge in [0.25, 0.3) is 0 Å². The molecule has 0 amide bonds. The fourth-order valence-electron chi connectivity index (χ4n) is 2.20. The topological polar surface area (TPSA) is 30.5 Å². The lowest BCUT2D eigenvalue weighted by Crippen LogP contribution is -2.11. The molecule has 3 nitrogen and oxygen atoms in total. The summed E-state index contributed by atoms with van der Waals surface area (Å²) in [6.45, 7) is 10.1. The van der Waals surface area contributed by atoms with E-state index in [2.05, 4.69) is 12.2 Å². The molecule has 1 N–H and O–H groups in total. The molecule has 106 valence electrons. The number of halogens is 1. The average Bonchev–Trinajstić information content (AvgIpc) is 2.54. The van der Waals surface area contributed by atoms with Gasteiger partial charge >= 0.3 is 0 Å².